The minimum atomic E-state index is -0.288. The van der Waals surface area contributed by atoms with Gasteiger partial charge in [-0.05, 0) is 17.7 Å². The van der Waals surface area contributed by atoms with E-state index in [-0.39, 0.29) is 5.91 Å². The molecule has 0 aliphatic heterocycles. The number of carbonyl (C=O) groups is 1. The Labute approximate surface area is 146 Å². The first-order valence-electron chi connectivity index (χ1n) is 7.98. The van der Waals surface area contributed by atoms with Crippen LogP contribution in [0.5, 0.6) is 0 Å². The van der Waals surface area contributed by atoms with Gasteiger partial charge in [-0.2, -0.15) is 0 Å². The summed E-state index contributed by atoms with van der Waals surface area (Å²) in [4.78, 5) is 21.8. The predicted octanol–water partition coefficient (Wildman–Crippen LogP) is 2.89. The number of carbonyl (C=O) groups excluding carboxylic acids is 1. The fraction of sp³-hybridized carbons (Fsp3) is 0.158. The number of hydrogen-bond acceptors (Lipinski definition) is 4. The average molecular weight is 336 g/mol. The number of rotatable bonds is 7. The molecule has 6 heteroatoms. The Hall–Kier alpha value is -3.12. The molecule has 1 aromatic heterocycles. The number of nitrogens with one attached hydrogen (secondary N) is 2. The van der Waals surface area contributed by atoms with Gasteiger partial charge in [-0.15, -0.1) is 0 Å². The molecule has 0 unspecified atom stereocenters. The topological polar surface area (TPSA) is 68.2 Å². The zero-order valence-corrected chi connectivity index (χ0v) is 14.0. The lowest BCUT2D eigenvalue weighted by Gasteiger charge is -2.12. The van der Waals surface area contributed by atoms with Gasteiger partial charge in [-0.3, -0.25) is 9.63 Å². The van der Waals surface area contributed by atoms with E-state index in [1.54, 1.807) is 18.6 Å². The first-order chi connectivity index (χ1) is 12.2. The van der Waals surface area contributed by atoms with Crippen LogP contribution in [-0.4, -0.2) is 15.5 Å². The lowest BCUT2D eigenvalue weighted by molar-refractivity contribution is 0.0234. The van der Waals surface area contributed by atoms with Crippen molar-refractivity contribution >= 4 is 11.6 Å². The molecule has 3 rings (SSSR count). The molecule has 0 atom stereocenters. The van der Waals surface area contributed by atoms with E-state index in [2.05, 4.69) is 15.8 Å². The van der Waals surface area contributed by atoms with E-state index in [4.69, 9.17) is 4.84 Å². The summed E-state index contributed by atoms with van der Waals surface area (Å²) in [5.74, 6) is -0.288. The molecule has 0 bridgehead atoms. The highest BCUT2D eigenvalue weighted by atomic mass is 16.6. The molecular weight excluding hydrogens is 316 g/mol. The zero-order chi connectivity index (χ0) is 17.5. The van der Waals surface area contributed by atoms with Crippen LogP contribution in [0.25, 0.3) is 0 Å². The van der Waals surface area contributed by atoms with E-state index < -0.39 is 0 Å². The van der Waals surface area contributed by atoms with Crippen molar-refractivity contribution in [1.82, 2.24) is 15.0 Å². The first kappa shape index (κ1) is 16.7. The van der Waals surface area contributed by atoms with Crippen molar-refractivity contribution in [2.24, 2.45) is 7.05 Å². The summed E-state index contributed by atoms with van der Waals surface area (Å²) in [5, 5.41) is 3.27. The number of aryl methyl sites for hydroxylation is 1. The molecule has 1 amide bonds. The van der Waals surface area contributed by atoms with Crippen molar-refractivity contribution in [2.45, 2.75) is 13.2 Å². The molecule has 0 saturated heterocycles. The highest BCUT2D eigenvalue weighted by Gasteiger charge is 2.11. The van der Waals surface area contributed by atoms with E-state index in [0.29, 0.717) is 18.7 Å². The Morgan fingerprint density at radius 2 is 1.88 bits per heavy atom. The summed E-state index contributed by atoms with van der Waals surface area (Å²) < 4.78 is 1.93. The summed E-state index contributed by atoms with van der Waals surface area (Å²) >= 11 is 0. The van der Waals surface area contributed by atoms with Crippen molar-refractivity contribution in [1.29, 1.82) is 0 Å². The van der Waals surface area contributed by atoms with E-state index in [1.807, 2.05) is 60.1 Å². The Kier molecular flexibility index (Phi) is 5.43. The number of aromatic nitrogens is 2. The van der Waals surface area contributed by atoms with E-state index >= 15 is 0 Å². The second-order valence-electron chi connectivity index (χ2n) is 5.60. The molecule has 0 spiro atoms. The number of benzene rings is 2. The largest absolute Gasteiger partial charge is 0.379 e. The zero-order valence-electron chi connectivity index (χ0n) is 14.0. The lowest BCUT2D eigenvalue weighted by Crippen LogP contribution is -2.24. The van der Waals surface area contributed by atoms with Crippen LogP contribution in [0.3, 0.4) is 0 Å². The summed E-state index contributed by atoms with van der Waals surface area (Å²) in [7, 11) is 1.93. The maximum absolute atomic E-state index is 12.4. The molecule has 3 aromatic rings. The maximum Gasteiger partial charge on any atom is 0.276 e. The SMILES string of the molecule is Cn1cncc1CNc1ccccc1C(=O)NOCc1ccccc1. The van der Waals surface area contributed by atoms with Gasteiger partial charge in [0.1, 0.15) is 0 Å². The number of anilines is 1. The molecule has 0 aliphatic rings. The number of hydrogen-bond donors (Lipinski definition) is 2. The van der Waals surface area contributed by atoms with E-state index in [0.717, 1.165) is 16.9 Å². The Morgan fingerprint density at radius 1 is 1.12 bits per heavy atom. The van der Waals surface area contributed by atoms with Gasteiger partial charge in [0.05, 0.1) is 30.7 Å². The third-order valence-corrected chi connectivity index (χ3v) is 3.79. The van der Waals surface area contributed by atoms with Crippen LogP contribution >= 0.6 is 0 Å². The standard InChI is InChI=1S/C19H20N4O2/c1-23-14-20-11-16(23)12-21-18-10-6-5-9-17(18)19(24)22-25-13-15-7-3-2-4-8-15/h2-11,14,21H,12-13H2,1H3,(H,22,24). The van der Waals surface area contributed by atoms with Crippen LogP contribution in [0.2, 0.25) is 0 Å². The van der Waals surface area contributed by atoms with Gasteiger partial charge in [-0.25, -0.2) is 10.5 Å². The van der Waals surface area contributed by atoms with E-state index in [9.17, 15) is 4.79 Å². The molecule has 0 saturated carbocycles. The number of amides is 1. The number of imidazole rings is 1. The predicted molar refractivity (Wildman–Crippen MR) is 95.7 cm³/mol. The minimum absolute atomic E-state index is 0.288. The average Bonchev–Trinajstić information content (AvgIpc) is 3.06. The lowest BCUT2D eigenvalue weighted by atomic mass is 10.1. The van der Waals surface area contributed by atoms with Crippen LogP contribution in [0.1, 0.15) is 21.6 Å². The van der Waals surface area contributed by atoms with Gasteiger partial charge in [0.2, 0.25) is 0 Å². The van der Waals surface area contributed by atoms with Crippen molar-refractivity contribution in [3.8, 4) is 0 Å². The molecule has 1 heterocycles. The number of para-hydroxylation sites is 1. The summed E-state index contributed by atoms with van der Waals surface area (Å²) in [5.41, 5.74) is 5.78. The maximum atomic E-state index is 12.4. The van der Waals surface area contributed by atoms with Crippen LogP contribution in [0.4, 0.5) is 5.69 Å². The third kappa shape index (κ3) is 4.45. The van der Waals surface area contributed by atoms with Gasteiger partial charge in [0, 0.05) is 18.9 Å². The molecule has 0 fully saturated rings. The monoisotopic (exact) mass is 336 g/mol. The summed E-state index contributed by atoms with van der Waals surface area (Å²) in [6.07, 6.45) is 3.53. The molecule has 6 nitrogen and oxygen atoms in total. The third-order valence-electron chi connectivity index (χ3n) is 3.79. The highest BCUT2D eigenvalue weighted by Crippen LogP contribution is 2.16. The molecule has 128 valence electrons. The first-order valence-corrected chi connectivity index (χ1v) is 7.98. The molecule has 2 aromatic carbocycles. The van der Waals surface area contributed by atoms with Crippen molar-refractivity contribution in [3.05, 3.63) is 83.9 Å². The van der Waals surface area contributed by atoms with Crippen molar-refractivity contribution < 1.29 is 9.63 Å². The molecular formula is C19H20N4O2. The molecule has 2 N–H and O–H groups in total. The fourth-order valence-corrected chi connectivity index (χ4v) is 2.39. The van der Waals surface area contributed by atoms with Crippen molar-refractivity contribution in [3.63, 3.8) is 0 Å². The minimum Gasteiger partial charge on any atom is -0.379 e. The Bertz CT molecular complexity index is 830. The summed E-state index contributed by atoms with van der Waals surface area (Å²) in [6, 6.07) is 17.0. The van der Waals surface area contributed by atoms with Gasteiger partial charge >= 0.3 is 0 Å². The molecule has 0 radical (unpaired) electrons. The second-order valence-corrected chi connectivity index (χ2v) is 5.60. The quantitative estimate of drug-likeness (QED) is 0.651. The van der Waals surface area contributed by atoms with Crippen molar-refractivity contribution in [2.75, 3.05) is 5.32 Å². The fourth-order valence-electron chi connectivity index (χ4n) is 2.39. The van der Waals surface area contributed by atoms with Gasteiger partial charge in [0.15, 0.2) is 0 Å². The Morgan fingerprint density at radius 3 is 2.64 bits per heavy atom. The van der Waals surface area contributed by atoms with Crippen LogP contribution in [0, 0.1) is 0 Å². The van der Waals surface area contributed by atoms with Gasteiger partial charge < -0.3 is 9.88 Å². The molecule has 0 aliphatic carbocycles. The van der Waals surface area contributed by atoms with Crippen LogP contribution in [-0.2, 0) is 25.0 Å². The highest BCUT2D eigenvalue weighted by molar-refractivity contribution is 5.98. The van der Waals surface area contributed by atoms with Gasteiger partial charge in [0.25, 0.3) is 5.91 Å². The summed E-state index contributed by atoms with van der Waals surface area (Å²) in [6.45, 7) is 0.892. The van der Waals surface area contributed by atoms with E-state index in [1.165, 1.54) is 0 Å². The van der Waals surface area contributed by atoms with Crippen LogP contribution in [0.15, 0.2) is 67.1 Å². The second kappa shape index (κ2) is 8.12. The smallest absolute Gasteiger partial charge is 0.276 e. The van der Waals surface area contributed by atoms with Gasteiger partial charge in [-0.1, -0.05) is 42.5 Å². The molecule has 25 heavy (non-hydrogen) atoms. The Balaban J connectivity index is 1.59. The number of hydroxylamine groups is 1. The van der Waals surface area contributed by atoms with Crippen LogP contribution < -0.4 is 10.8 Å². The normalized spacial score (nSPS) is 10.4. The number of nitrogens with zero attached hydrogens (tertiary/aromatic N) is 2.